The highest BCUT2D eigenvalue weighted by Gasteiger charge is 2.25. The average Bonchev–Trinajstić information content (AvgIpc) is 3.32. The number of para-hydroxylation sites is 1. The predicted molar refractivity (Wildman–Crippen MR) is 104 cm³/mol. The van der Waals surface area contributed by atoms with Crippen LogP contribution in [0.25, 0.3) is 10.2 Å². The van der Waals surface area contributed by atoms with Crippen molar-refractivity contribution in [2.45, 2.75) is 6.54 Å². The molecule has 0 fully saturated rings. The van der Waals surface area contributed by atoms with Crippen molar-refractivity contribution in [2.24, 2.45) is 7.05 Å². The van der Waals surface area contributed by atoms with Crippen LogP contribution in [0.15, 0.2) is 55.0 Å². The summed E-state index contributed by atoms with van der Waals surface area (Å²) in [6.45, 7) is 0.300. The summed E-state index contributed by atoms with van der Waals surface area (Å²) < 4.78 is 8.05. The number of nitrogens with zero attached hydrogens (tertiary/aromatic N) is 5. The molecule has 0 aliphatic heterocycles. The second-order valence-electron chi connectivity index (χ2n) is 5.88. The molecule has 0 radical (unpaired) electrons. The molecule has 3 aromatic heterocycles. The van der Waals surface area contributed by atoms with Crippen molar-refractivity contribution in [3.05, 3.63) is 66.5 Å². The van der Waals surface area contributed by atoms with E-state index in [4.69, 9.17) is 4.74 Å². The van der Waals surface area contributed by atoms with Crippen LogP contribution < -0.4 is 9.64 Å². The van der Waals surface area contributed by atoms with E-state index in [0.29, 0.717) is 23.3 Å². The number of imidazole rings is 1. The number of hydrogen-bond acceptors (Lipinski definition) is 6. The molecule has 0 unspecified atom stereocenters. The Hall–Kier alpha value is -3.26. The van der Waals surface area contributed by atoms with E-state index in [-0.39, 0.29) is 5.91 Å². The molecule has 0 atom stereocenters. The third-order valence-corrected chi connectivity index (χ3v) is 5.17. The van der Waals surface area contributed by atoms with Crippen molar-refractivity contribution in [1.29, 1.82) is 0 Å². The van der Waals surface area contributed by atoms with Gasteiger partial charge >= 0.3 is 0 Å². The van der Waals surface area contributed by atoms with Gasteiger partial charge in [0.2, 0.25) is 0 Å². The lowest BCUT2D eigenvalue weighted by molar-refractivity contribution is 0.0972. The monoisotopic (exact) mass is 379 g/mol. The number of thiazole rings is 1. The van der Waals surface area contributed by atoms with Gasteiger partial charge in [0.25, 0.3) is 5.91 Å². The third kappa shape index (κ3) is 3.26. The lowest BCUT2D eigenvalue weighted by atomic mass is 10.3. The lowest BCUT2D eigenvalue weighted by Gasteiger charge is -2.19. The fourth-order valence-corrected chi connectivity index (χ4v) is 3.74. The first-order valence-corrected chi connectivity index (χ1v) is 9.11. The number of ether oxygens (including phenoxy) is 1. The van der Waals surface area contributed by atoms with E-state index < -0.39 is 0 Å². The van der Waals surface area contributed by atoms with Crippen molar-refractivity contribution in [1.82, 2.24) is 19.5 Å². The zero-order valence-electron chi connectivity index (χ0n) is 14.9. The molecule has 0 spiro atoms. The van der Waals surface area contributed by atoms with E-state index in [0.717, 1.165) is 15.9 Å². The minimum atomic E-state index is -0.230. The van der Waals surface area contributed by atoms with Crippen LogP contribution in [0.1, 0.15) is 16.3 Å². The van der Waals surface area contributed by atoms with Gasteiger partial charge in [-0.15, -0.1) is 0 Å². The van der Waals surface area contributed by atoms with Crippen LogP contribution in [0.4, 0.5) is 5.13 Å². The second-order valence-corrected chi connectivity index (χ2v) is 6.89. The average molecular weight is 379 g/mol. The van der Waals surface area contributed by atoms with E-state index in [9.17, 15) is 4.79 Å². The minimum absolute atomic E-state index is 0.230. The maximum absolute atomic E-state index is 13.2. The standard InChI is InChI=1S/C19H17N5O2S/c1-23-11-10-21-17(23)18(25)24(12-13-6-3-4-9-20-13)19-22-16-14(26-2)7-5-8-15(16)27-19/h3-11H,12H2,1-2H3. The fraction of sp³-hybridized carbons (Fsp3) is 0.158. The molecular weight excluding hydrogens is 362 g/mol. The Balaban J connectivity index is 1.80. The molecule has 0 aliphatic rings. The zero-order valence-corrected chi connectivity index (χ0v) is 15.7. The molecule has 3 heterocycles. The number of carbonyl (C=O) groups excluding carboxylic acids is 1. The number of pyridine rings is 1. The molecule has 0 aliphatic carbocycles. The van der Waals surface area contributed by atoms with Gasteiger partial charge in [-0.05, 0) is 24.3 Å². The smallest absolute Gasteiger partial charge is 0.296 e. The first-order chi connectivity index (χ1) is 13.2. The molecule has 0 N–H and O–H groups in total. The van der Waals surface area contributed by atoms with Gasteiger partial charge in [0.15, 0.2) is 11.0 Å². The van der Waals surface area contributed by atoms with Crippen molar-refractivity contribution < 1.29 is 9.53 Å². The molecule has 0 saturated heterocycles. The normalized spacial score (nSPS) is 10.9. The molecule has 27 heavy (non-hydrogen) atoms. The number of aryl methyl sites for hydroxylation is 1. The SMILES string of the molecule is COc1cccc2sc(N(Cc3ccccn3)C(=O)c3nccn3C)nc12. The Morgan fingerprint density at radius 2 is 2.07 bits per heavy atom. The van der Waals surface area contributed by atoms with Gasteiger partial charge in [-0.2, -0.15) is 0 Å². The Bertz CT molecular complexity index is 1090. The summed E-state index contributed by atoms with van der Waals surface area (Å²) >= 11 is 1.43. The largest absolute Gasteiger partial charge is 0.494 e. The highest BCUT2D eigenvalue weighted by Crippen LogP contribution is 2.35. The fourth-order valence-electron chi connectivity index (χ4n) is 2.76. The zero-order chi connectivity index (χ0) is 18.8. The highest BCUT2D eigenvalue weighted by atomic mass is 32.1. The van der Waals surface area contributed by atoms with Crippen LogP contribution in [0.5, 0.6) is 5.75 Å². The maximum atomic E-state index is 13.2. The van der Waals surface area contributed by atoms with Gasteiger partial charge in [-0.1, -0.05) is 23.5 Å². The number of anilines is 1. The van der Waals surface area contributed by atoms with Gasteiger partial charge < -0.3 is 9.30 Å². The van der Waals surface area contributed by atoms with Gasteiger partial charge in [-0.25, -0.2) is 9.97 Å². The van der Waals surface area contributed by atoms with E-state index in [1.54, 1.807) is 42.2 Å². The number of aromatic nitrogens is 4. The van der Waals surface area contributed by atoms with Crippen LogP contribution in [-0.2, 0) is 13.6 Å². The summed E-state index contributed by atoms with van der Waals surface area (Å²) in [5.74, 6) is 0.792. The van der Waals surface area contributed by atoms with Gasteiger partial charge in [0, 0.05) is 25.6 Å². The quantitative estimate of drug-likeness (QED) is 0.532. The lowest BCUT2D eigenvalue weighted by Crippen LogP contribution is -2.32. The molecule has 4 rings (SSSR count). The molecule has 0 saturated carbocycles. The van der Waals surface area contributed by atoms with Gasteiger partial charge in [0.1, 0.15) is 11.3 Å². The molecule has 0 bridgehead atoms. The van der Waals surface area contributed by atoms with Crippen LogP contribution in [0.2, 0.25) is 0 Å². The molecule has 136 valence electrons. The number of hydrogen-bond donors (Lipinski definition) is 0. The summed E-state index contributed by atoms with van der Waals surface area (Å²) in [6.07, 6.45) is 5.06. The molecule has 7 nitrogen and oxygen atoms in total. The summed E-state index contributed by atoms with van der Waals surface area (Å²) in [7, 11) is 3.40. The Morgan fingerprint density at radius 1 is 1.19 bits per heavy atom. The summed E-state index contributed by atoms with van der Waals surface area (Å²) in [6, 6.07) is 11.3. The molecular formula is C19H17N5O2S. The predicted octanol–water partition coefficient (Wildman–Crippen LogP) is 3.28. The number of rotatable bonds is 5. The second kappa shape index (κ2) is 7.16. The molecule has 1 aromatic carbocycles. The summed E-state index contributed by atoms with van der Waals surface area (Å²) in [4.78, 5) is 28.0. The van der Waals surface area contributed by atoms with Gasteiger partial charge in [0.05, 0.1) is 24.0 Å². The van der Waals surface area contributed by atoms with Crippen molar-refractivity contribution in [3.8, 4) is 5.75 Å². The van der Waals surface area contributed by atoms with E-state index in [1.807, 2.05) is 36.4 Å². The number of amides is 1. The number of fused-ring (bicyclic) bond motifs is 1. The third-order valence-electron chi connectivity index (χ3n) is 4.13. The van der Waals surface area contributed by atoms with Crippen molar-refractivity contribution in [2.75, 3.05) is 12.0 Å². The van der Waals surface area contributed by atoms with Crippen molar-refractivity contribution in [3.63, 3.8) is 0 Å². The van der Waals surface area contributed by atoms with Crippen molar-refractivity contribution >= 4 is 32.6 Å². The first kappa shape index (κ1) is 17.2. The Labute approximate surface area is 159 Å². The molecule has 4 aromatic rings. The topological polar surface area (TPSA) is 73.1 Å². The summed E-state index contributed by atoms with van der Waals surface area (Å²) in [5, 5.41) is 0.577. The van der Waals surface area contributed by atoms with E-state index in [2.05, 4.69) is 15.0 Å². The van der Waals surface area contributed by atoms with Crippen LogP contribution in [0, 0.1) is 0 Å². The Morgan fingerprint density at radius 3 is 2.78 bits per heavy atom. The minimum Gasteiger partial charge on any atom is -0.494 e. The molecule has 1 amide bonds. The summed E-state index contributed by atoms with van der Waals surface area (Å²) in [5.41, 5.74) is 1.50. The number of methoxy groups -OCH3 is 1. The van der Waals surface area contributed by atoms with Crippen LogP contribution >= 0.6 is 11.3 Å². The first-order valence-electron chi connectivity index (χ1n) is 8.30. The highest BCUT2D eigenvalue weighted by molar-refractivity contribution is 7.22. The number of carbonyl (C=O) groups is 1. The van der Waals surface area contributed by atoms with Gasteiger partial charge in [-0.3, -0.25) is 14.7 Å². The van der Waals surface area contributed by atoms with Crippen LogP contribution in [-0.4, -0.2) is 32.5 Å². The van der Waals surface area contributed by atoms with Crippen LogP contribution in [0.3, 0.4) is 0 Å². The number of benzene rings is 1. The molecule has 8 heteroatoms. The maximum Gasteiger partial charge on any atom is 0.296 e. The van der Waals surface area contributed by atoms with E-state index >= 15 is 0 Å². The Kier molecular flexibility index (Phi) is 4.55. The van der Waals surface area contributed by atoms with E-state index in [1.165, 1.54) is 11.3 Å².